The number of amides is 1. The molecule has 1 saturated heterocycles. The van der Waals surface area contributed by atoms with Crippen molar-refractivity contribution in [3.05, 3.63) is 49.0 Å². The van der Waals surface area contributed by atoms with E-state index < -0.39 is 17.8 Å². The molecule has 0 saturated carbocycles. The summed E-state index contributed by atoms with van der Waals surface area (Å²) in [5.74, 6) is 0.512. The number of anilines is 1. The van der Waals surface area contributed by atoms with E-state index in [1.54, 1.807) is 35.4 Å². The summed E-state index contributed by atoms with van der Waals surface area (Å²) in [6.45, 7) is 5.06. The molecule has 2 aliphatic rings. The summed E-state index contributed by atoms with van der Waals surface area (Å²) in [6, 6.07) is 1.79. The van der Waals surface area contributed by atoms with Crippen molar-refractivity contribution in [1.82, 2.24) is 34.3 Å². The van der Waals surface area contributed by atoms with Gasteiger partial charge in [-0.15, -0.1) is 0 Å². The second-order valence-electron chi connectivity index (χ2n) is 9.38. The molecule has 12 heteroatoms. The molecule has 1 amide bonds. The number of aliphatic hydroxyl groups is 1. The molecule has 1 fully saturated rings. The topological polar surface area (TPSA) is 128 Å². The van der Waals surface area contributed by atoms with Crippen LogP contribution in [0.5, 0.6) is 0 Å². The highest BCUT2D eigenvalue weighted by Crippen LogP contribution is 2.35. The number of fused-ring (bicyclic) bond motifs is 1. The molecular weight excluding hydrogens is 465 g/mol. The Kier molecular flexibility index (Phi) is 5.72. The number of dihydropyridines is 1. The van der Waals surface area contributed by atoms with Gasteiger partial charge in [0.2, 0.25) is 0 Å². The third-order valence-electron chi connectivity index (χ3n) is 6.35. The molecule has 11 nitrogen and oxygen atoms in total. The SMILES string of the molecule is C[C@@H]1CN(c2ncnc3c2c(-n2ccnc2)cn3C2=CC(C#N)=CCN2)[C@@H](F)CN1C(=O)C(C)(C)O. The number of halogens is 1. The van der Waals surface area contributed by atoms with Gasteiger partial charge in [-0.25, -0.2) is 19.3 Å². The molecule has 0 radical (unpaired) electrons. The van der Waals surface area contributed by atoms with E-state index in [-0.39, 0.29) is 19.1 Å². The van der Waals surface area contributed by atoms with E-state index >= 15 is 4.39 Å². The second-order valence-corrected chi connectivity index (χ2v) is 9.38. The Morgan fingerprint density at radius 2 is 2.14 bits per heavy atom. The maximum atomic E-state index is 15.7. The molecule has 2 aliphatic heterocycles. The number of rotatable bonds is 4. The van der Waals surface area contributed by atoms with Crippen LogP contribution in [0.25, 0.3) is 22.5 Å². The summed E-state index contributed by atoms with van der Waals surface area (Å²) in [5, 5.41) is 23.4. The fraction of sp³-hybridized carbons (Fsp3) is 0.375. The molecule has 0 aliphatic carbocycles. The number of imidazole rings is 1. The summed E-state index contributed by atoms with van der Waals surface area (Å²) in [6.07, 6.45) is 10.2. The number of carbonyl (C=O) groups is 1. The largest absolute Gasteiger partial charge is 0.381 e. The fourth-order valence-electron chi connectivity index (χ4n) is 4.57. The van der Waals surface area contributed by atoms with Crippen LogP contribution in [-0.4, -0.2) is 77.6 Å². The third kappa shape index (κ3) is 3.97. The van der Waals surface area contributed by atoms with E-state index in [0.717, 1.165) is 0 Å². The lowest BCUT2D eigenvalue weighted by atomic mass is 10.0. The van der Waals surface area contributed by atoms with Crippen LogP contribution in [-0.2, 0) is 4.79 Å². The van der Waals surface area contributed by atoms with Crippen LogP contribution in [0.1, 0.15) is 20.8 Å². The monoisotopic (exact) mass is 491 g/mol. The van der Waals surface area contributed by atoms with Crippen LogP contribution in [0.2, 0.25) is 0 Å². The van der Waals surface area contributed by atoms with Crippen molar-refractivity contribution in [2.24, 2.45) is 0 Å². The van der Waals surface area contributed by atoms with E-state index in [9.17, 15) is 15.2 Å². The van der Waals surface area contributed by atoms with Crippen LogP contribution in [0.3, 0.4) is 0 Å². The van der Waals surface area contributed by atoms with Crippen molar-refractivity contribution < 1.29 is 14.3 Å². The Morgan fingerprint density at radius 1 is 1.33 bits per heavy atom. The Labute approximate surface area is 206 Å². The minimum Gasteiger partial charge on any atom is -0.381 e. The summed E-state index contributed by atoms with van der Waals surface area (Å²) in [5.41, 5.74) is 0.135. The predicted molar refractivity (Wildman–Crippen MR) is 130 cm³/mol. The first-order valence-electron chi connectivity index (χ1n) is 11.5. The fourth-order valence-corrected chi connectivity index (χ4v) is 4.57. The Hall–Kier alpha value is -4.24. The average Bonchev–Trinajstić information content (AvgIpc) is 3.52. The number of piperazine rings is 1. The van der Waals surface area contributed by atoms with Gasteiger partial charge in [0, 0.05) is 37.7 Å². The van der Waals surface area contributed by atoms with Gasteiger partial charge < -0.3 is 24.8 Å². The zero-order valence-electron chi connectivity index (χ0n) is 20.1. The molecule has 2 N–H and O–H groups in total. The molecule has 0 unspecified atom stereocenters. The van der Waals surface area contributed by atoms with E-state index in [1.807, 2.05) is 17.7 Å². The van der Waals surface area contributed by atoms with E-state index in [0.29, 0.717) is 40.5 Å². The van der Waals surface area contributed by atoms with Gasteiger partial charge in [0.1, 0.15) is 23.6 Å². The van der Waals surface area contributed by atoms with Gasteiger partial charge in [-0.3, -0.25) is 9.36 Å². The number of hydrogen-bond acceptors (Lipinski definition) is 8. The maximum absolute atomic E-state index is 15.7. The van der Waals surface area contributed by atoms with Gasteiger partial charge in [-0.05, 0) is 32.9 Å². The number of allylic oxidation sites excluding steroid dienone is 2. The van der Waals surface area contributed by atoms with Crippen molar-refractivity contribution in [1.29, 1.82) is 5.26 Å². The van der Waals surface area contributed by atoms with Crippen molar-refractivity contribution in [3.8, 4) is 11.8 Å². The van der Waals surface area contributed by atoms with Gasteiger partial charge in [0.05, 0.1) is 35.6 Å². The highest BCUT2D eigenvalue weighted by molar-refractivity contribution is 5.98. The van der Waals surface area contributed by atoms with Gasteiger partial charge in [0.25, 0.3) is 5.91 Å². The first-order chi connectivity index (χ1) is 17.2. The van der Waals surface area contributed by atoms with Crippen LogP contribution < -0.4 is 10.2 Å². The number of nitriles is 1. The van der Waals surface area contributed by atoms with Crippen LogP contribution in [0.4, 0.5) is 10.2 Å². The van der Waals surface area contributed by atoms with E-state index in [4.69, 9.17) is 0 Å². The molecule has 0 aromatic carbocycles. The highest BCUT2D eigenvalue weighted by atomic mass is 19.1. The van der Waals surface area contributed by atoms with Gasteiger partial charge in [-0.1, -0.05) is 0 Å². The molecule has 3 aromatic heterocycles. The maximum Gasteiger partial charge on any atom is 0.254 e. The van der Waals surface area contributed by atoms with E-state index in [2.05, 4.69) is 26.3 Å². The van der Waals surface area contributed by atoms with Gasteiger partial charge >= 0.3 is 0 Å². The van der Waals surface area contributed by atoms with Gasteiger partial charge in [-0.2, -0.15) is 5.26 Å². The quantitative estimate of drug-likeness (QED) is 0.527. The first kappa shape index (κ1) is 23.5. The highest BCUT2D eigenvalue weighted by Gasteiger charge is 2.40. The molecule has 3 aromatic rings. The first-order valence-corrected chi connectivity index (χ1v) is 11.5. The molecule has 2 atom stereocenters. The van der Waals surface area contributed by atoms with Crippen LogP contribution >= 0.6 is 0 Å². The zero-order chi connectivity index (χ0) is 25.6. The van der Waals surface area contributed by atoms with Crippen molar-refractivity contribution in [3.63, 3.8) is 0 Å². The smallest absolute Gasteiger partial charge is 0.254 e. The molecular formula is C24H26FN9O2. The zero-order valence-corrected chi connectivity index (χ0v) is 20.1. The van der Waals surface area contributed by atoms with E-state index in [1.165, 1.54) is 30.0 Å². The number of alkyl halides is 1. The summed E-state index contributed by atoms with van der Waals surface area (Å²) < 4.78 is 19.3. The predicted octanol–water partition coefficient (Wildman–Crippen LogP) is 1.57. The number of aromatic nitrogens is 5. The summed E-state index contributed by atoms with van der Waals surface area (Å²) in [4.78, 5) is 28.7. The summed E-state index contributed by atoms with van der Waals surface area (Å²) in [7, 11) is 0. The lowest BCUT2D eigenvalue weighted by Gasteiger charge is -2.44. The average molecular weight is 492 g/mol. The molecule has 186 valence electrons. The normalized spacial score (nSPS) is 20.6. The minimum atomic E-state index is -1.60. The molecule has 5 rings (SSSR count). The molecule has 0 spiro atoms. The summed E-state index contributed by atoms with van der Waals surface area (Å²) >= 11 is 0. The van der Waals surface area contributed by atoms with Gasteiger partial charge in [0.15, 0.2) is 11.9 Å². The molecule has 5 heterocycles. The Morgan fingerprint density at radius 3 is 2.83 bits per heavy atom. The molecule has 0 bridgehead atoms. The number of nitrogens with zero attached hydrogens (tertiary/aromatic N) is 8. The Bertz CT molecular complexity index is 1410. The number of hydrogen-bond donors (Lipinski definition) is 2. The third-order valence-corrected chi connectivity index (χ3v) is 6.35. The molecule has 36 heavy (non-hydrogen) atoms. The van der Waals surface area contributed by atoms with Crippen LogP contribution in [0.15, 0.2) is 49.0 Å². The Balaban J connectivity index is 1.62. The van der Waals surface area contributed by atoms with Crippen molar-refractivity contribution in [2.75, 3.05) is 24.5 Å². The lowest BCUT2D eigenvalue weighted by molar-refractivity contribution is -0.152. The van der Waals surface area contributed by atoms with Crippen molar-refractivity contribution >= 4 is 28.6 Å². The number of nitrogens with one attached hydrogen (secondary N) is 1. The standard InChI is InChI=1S/C24H26FN9O2/c1-15-10-33(18(25)12-32(15)23(35)24(2,3)36)21-20-17(31-7-6-27-14-31)11-34(22(20)30-13-29-21)19-8-16(9-26)4-5-28-19/h4,6-8,11,13-15,18,28,36H,5,10,12H2,1-3H3/t15-,18-/m1/s1. The van der Waals surface area contributed by atoms with Crippen LogP contribution in [0, 0.1) is 11.3 Å². The lowest BCUT2D eigenvalue weighted by Crippen LogP contribution is -2.61. The second kappa shape index (κ2) is 8.76. The minimum absolute atomic E-state index is 0.173. The van der Waals surface area contributed by atoms with Crippen molar-refractivity contribution in [2.45, 2.75) is 38.7 Å². The number of carbonyl (C=O) groups excluding carboxylic acids is 1.